The molecule has 0 radical (unpaired) electrons. The molecule has 2 unspecified atom stereocenters. The SMILES string of the molecule is CC(C)C(C)N(C)C(=O)C1CCc2ccccc2N1. The lowest BCUT2D eigenvalue weighted by molar-refractivity contribution is -0.133. The molecule has 1 N–H and O–H groups in total. The van der Waals surface area contributed by atoms with E-state index in [4.69, 9.17) is 0 Å². The fourth-order valence-electron chi connectivity index (χ4n) is 2.52. The second-order valence-electron chi connectivity index (χ2n) is 5.83. The van der Waals surface area contributed by atoms with E-state index in [2.05, 4.69) is 44.3 Å². The lowest BCUT2D eigenvalue weighted by atomic mass is 9.96. The predicted octanol–water partition coefficient (Wildman–Crippen LogP) is 2.92. The molecule has 0 aliphatic carbocycles. The van der Waals surface area contributed by atoms with Crippen molar-refractivity contribution in [3.05, 3.63) is 29.8 Å². The third kappa shape index (κ3) is 2.91. The maximum Gasteiger partial charge on any atom is 0.245 e. The van der Waals surface area contributed by atoms with Crippen LogP contribution in [0.25, 0.3) is 0 Å². The van der Waals surface area contributed by atoms with E-state index < -0.39 is 0 Å². The molecule has 0 fully saturated rings. The van der Waals surface area contributed by atoms with Crippen LogP contribution in [0.2, 0.25) is 0 Å². The number of likely N-dealkylation sites (N-methyl/N-ethyl adjacent to an activating group) is 1. The highest BCUT2D eigenvalue weighted by atomic mass is 16.2. The van der Waals surface area contributed by atoms with Crippen molar-refractivity contribution in [2.45, 2.75) is 45.7 Å². The Kier molecular flexibility index (Phi) is 4.13. The Balaban J connectivity index is 2.06. The van der Waals surface area contributed by atoms with Gasteiger partial charge in [0, 0.05) is 18.8 Å². The number of carbonyl (C=O) groups excluding carboxylic acids is 1. The molecule has 2 rings (SSSR count). The van der Waals surface area contributed by atoms with Crippen LogP contribution in [-0.2, 0) is 11.2 Å². The maximum atomic E-state index is 12.5. The van der Waals surface area contributed by atoms with Crippen molar-refractivity contribution in [2.75, 3.05) is 12.4 Å². The highest BCUT2D eigenvalue weighted by Gasteiger charge is 2.28. The van der Waals surface area contributed by atoms with Gasteiger partial charge in [0.2, 0.25) is 5.91 Å². The predicted molar refractivity (Wildman–Crippen MR) is 79.2 cm³/mol. The Hall–Kier alpha value is -1.51. The molecule has 0 saturated carbocycles. The molecule has 1 amide bonds. The molecule has 3 heteroatoms. The number of anilines is 1. The van der Waals surface area contributed by atoms with Gasteiger partial charge in [-0.2, -0.15) is 0 Å². The molecule has 1 heterocycles. The second-order valence-corrected chi connectivity index (χ2v) is 5.83. The molecule has 1 aromatic carbocycles. The molecular weight excluding hydrogens is 236 g/mol. The van der Waals surface area contributed by atoms with Gasteiger partial charge in [0.25, 0.3) is 0 Å². The Morgan fingerprint density at radius 3 is 2.68 bits per heavy atom. The first-order valence-electron chi connectivity index (χ1n) is 7.12. The van der Waals surface area contributed by atoms with Crippen molar-refractivity contribution >= 4 is 11.6 Å². The van der Waals surface area contributed by atoms with E-state index in [0.29, 0.717) is 5.92 Å². The van der Waals surface area contributed by atoms with Crippen LogP contribution >= 0.6 is 0 Å². The molecule has 1 aliphatic heterocycles. The maximum absolute atomic E-state index is 12.5. The summed E-state index contributed by atoms with van der Waals surface area (Å²) in [7, 11) is 1.91. The summed E-state index contributed by atoms with van der Waals surface area (Å²) in [6.07, 6.45) is 1.86. The van der Waals surface area contributed by atoms with E-state index in [0.717, 1.165) is 18.5 Å². The lowest BCUT2D eigenvalue weighted by Crippen LogP contribution is -2.47. The van der Waals surface area contributed by atoms with Gasteiger partial charge in [-0.15, -0.1) is 0 Å². The molecule has 0 bridgehead atoms. The van der Waals surface area contributed by atoms with E-state index in [1.165, 1.54) is 5.56 Å². The van der Waals surface area contributed by atoms with Gasteiger partial charge >= 0.3 is 0 Å². The third-order valence-corrected chi connectivity index (χ3v) is 4.27. The number of hydrogen-bond acceptors (Lipinski definition) is 2. The second kappa shape index (κ2) is 5.64. The van der Waals surface area contributed by atoms with Gasteiger partial charge in [0.15, 0.2) is 0 Å². The minimum absolute atomic E-state index is 0.0823. The quantitative estimate of drug-likeness (QED) is 0.906. The number of benzene rings is 1. The zero-order chi connectivity index (χ0) is 14.0. The first kappa shape index (κ1) is 13.9. The van der Waals surface area contributed by atoms with Crippen molar-refractivity contribution in [3.63, 3.8) is 0 Å². The van der Waals surface area contributed by atoms with Gasteiger partial charge in [-0.3, -0.25) is 4.79 Å². The molecular formula is C16H24N2O. The number of aryl methyl sites for hydroxylation is 1. The van der Waals surface area contributed by atoms with Crippen LogP contribution < -0.4 is 5.32 Å². The summed E-state index contributed by atoms with van der Waals surface area (Å²) in [5, 5.41) is 3.38. The fourth-order valence-corrected chi connectivity index (χ4v) is 2.52. The zero-order valence-electron chi connectivity index (χ0n) is 12.3. The molecule has 3 nitrogen and oxygen atoms in total. The number of amides is 1. The number of carbonyl (C=O) groups is 1. The van der Waals surface area contributed by atoms with Crippen molar-refractivity contribution < 1.29 is 4.79 Å². The van der Waals surface area contributed by atoms with Crippen molar-refractivity contribution in [2.24, 2.45) is 5.92 Å². The summed E-state index contributed by atoms with van der Waals surface area (Å²) in [4.78, 5) is 14.4. The third-order valence-electron chi connectivity index (χ3n) is 4.27. The Morgan fingerprint density at radius 1 is 1.32 bits per heavy atom. The molecule has 19 heavy (non-hydrogen) atoms. The minimum atomic E-state index is -0.0823. The van der Waals surface area contributed by atoms with E-state index in [1.54, 1.807) is 0 Å². The van der Waals surface area contributed by atoms with Crippen molar-refractivity contribution in [1.29, 1.82) is 0 Å². The monoisotopic (exact) mass is 260 g/mol. The molecule has 0 aromatic heterocycles. The summed E-state index contributed by atoms with van der Waals surface area (Å²) < 4.78 is 0. The standard InChI is InChI=1S/C16H24N2O/c1-11(2)12(3)18(4)16(19)15-10-9-13-7-5-6-8-14(13)17-15/h5-8,11-12,15,17H,9-10H2,1-4H3. The van der Waals surface area contributed by atoms with Crippen LogP contribution in [0.3, 0.4) is 0 Å². The van der Waals surface area contributed by atoms with Gasteiger partial charge in [-0.05, 0) is 37.3 Å². The minimum Gasteiger partial charge on any atom is -0.373 e. The number of nitrogens with zero attached hydrogens (tertiary/aromatic N) is 1. The average molecular weight is 260 g/mol. The smallest absolute Gasteiger partial charge is 0.245 e. The zero-order valence-corrected chi connectivity index (χ0v) is 12.3. The molecule has 0 saturated heterocycles. The topological polar surface area (TPSA) is 32.3 Å². The molecule has 0 spiro atoms. The number of para-hydroxylation sites is 1. The Bertz CT molecular complexity index is 456. The average Bonchev–Trinajstić information content (AvgIpc) is 2.44. The number of rotatable bonds is 3. The summed E-state index contributed by atoms with van der Waals surface area (Å²) in [5.41, 5.74) is 2.42. The van der Waals surface area contributed by atoms with Crippen LogP contribution in [0.4, 0.5) is 5.69 Å². The molecule has 1 aromatic rings. The van der Waals surface area contributed by atoms with Crippen LogP contribution in [-0.4, -0.2) is 29.9 Å². The summed E-state index contributed by atoms with van der Waals surface area (Å²) in [6.45, 7) is 6.41. The fraction of sp³-hybridized carbons (Fsp3) is 0.562. The van der Waals surface area contributed by atoms with E-state index in [-0.39, 0.29) is 18.0 Å². The molecule has 104 valence electrons. The molecule has 2 atom stereocenters. The van der Waals surface area contributed by atoms with E-state index in [9.17, 15) is 4.79 Å². The van der Waals surface area contributed by atoms with Gasteiger partial charge in [0.1, 0.15) is 6.04 Å². The first-order valence-corrected chi connectivity index (χ1v) is 7.12. The highest BCUT2D eigenvalue weighted by molar-refractivity contribution is 5.85. The van der Waals surface area contributed by atoms with Crippen molar-refractivity contribution in [1.82, 2.24) is 4.90 Å². The first-order chi connectivity index (χ1) is 9.00. The normalized spacial score (nSPS) is 19.5. The largest absolute Gasteiger partial charge is 0.373 e. The summed E-state index contributed by atoms with van der Waals surface area (Å²) in [5.74, 6) is 0.681. The summed E-state index contributed by atoms with van der Waals surface area (Å²) in [6, 6.07) is 8.44. The highest BCUT2D eigenvalue weighted by Crippen LogP contribution is 2.25. The lowest BCUT2D eigenvalue weighted by Gasteiger charge is -2.34. The van der Waals surface area contributed by atoms with Crippen molar-refractivity contribution in [3.8, 4) is 0 Å². The number of hydrogen-bond donors (Lipinski definition) is 1. The van der Waals surface area contributed by atoms with Crippen LogP contribution in [0.15, 0.2) is 24.3 Å². The van der Waals surface area contributed by atoms with E-state index >= 15 is 0 Å². The van der Waals surface area contributed by atoms with Gasteiger partial charge in [-0.25, -0.2) is 0 Å². The van der Waals surface area contributed by atoms with Crippen LogP contribution in [0, 0.1) is 5.92 Å². The van der Waals surface area contributed by atoms with Gasteiger partial charge < -0.3 is 10.2 Å². The Labute approximate surface area is 116 Å². The van der Waals surface area contributed by atoms with Gasteiger partial charge in [0.05, 0.1) is 0 Å². The van der Waals surface area contributed by atoms with Crippen LogP contribution in [0.5, 0.6) is 0 Å². The summed E-state index contributed by atoms with van der Waals surface area (Å²) >= 11 is 0. The van der Waals surface area contributed by atoms with Crippen LogP contribution in [0.1, 0.15) is 32.8 Å². The van der Waals surface area contributed by atoms with E-state index in [1.807, 2.05) is 18.0 Å². The molecule has 1 aliphatic rings. The number of nitrogens with one attached hydrogen (secondary N) is 1. The number of fused-ring (bicyclic) bond motifs is 1. The Morgan fingerprint density at radius 2 is 2.00 bits per heavy atom. The van der Waals surface area contributed by atoms with Gasteiger partial charge in [-0.1, -0.05) is 32.0 Å².